The second-order valence-electron chi connectivity index (χ2n) is 7.50. The van der Waals surface area contributed by atoms with E-state index < -0.39 is 40.4 Å². The number of nitrogens with one attached hydrogen (secondary N) is 2. The number of fused-ring (bicyclic) bond motifs is 1. The molecule has 1 atom stereocenters. The van der Waals surface area contributed by atoms with Crippen molar-refractivity contribution in [1.82, 2.24) is 9.55 Å². The molecule has 37 heavy (non-hydrogen) atoms. The normalized spacial score (nSPS) is 13.9. The van der Waals surface area contributed by atoms with Crippen LogP contribution in [0.4, 0.5) is 27.5 Å². The van der Waals surface area contributed by atoms with E-state index in [1.165, 1.54) is 47.4 Å². The first-order valence-electron chi connectivity index (χ1n) is 10.3. The van der Waals surface area contributed by atoms with Crippen LogP contribution in [-0.4, -0.2) is 60.8 Å². The van der Waals surface area contributed by atoms with Gasteiger partial charge in [-0.15, -0.1) is 0 Å². The van der Waals surface area contributed by atoms with E-state index in [1.54, 1.807) is 0 Å². The van der Waals surface area contributed by atoms with Gasteiger partial charge < -0.3 is 25.1 Å². The highest BCUT2D eigenvalue weighted by Crippen LogP contribution is 2.38. The lowest BCUT2D eigenvalue weighted by atomic mass is 10.1. The molecule has 4 rings (SSSR count). The Morgan fingerprint density at radius 1 is 1.22 bits per heavy atom. The van der Waals surface area contributed by atoms with Crippen molar-refractivity contribution in [1.29, 1.82) is 0 Å². The minimum atomic E-state index is -1.43. The van der Waals surface area contributed by atoms with Crippen LogP contribution in [0.2, 0.25) is 0 Å². The number of benzene rings is 2. The van der Waals surface area contributed by atoms with Crippen molar-refractivity contribution in [2.24, 2.45) is 4.99 Å². The van der Waals surface area contributed by atoms with E-state index in [1.807, 2.05) is 0 Å². The number of hydrogen-bond donors (Lipinski definition) is 4. The first-order valence-corrected chi connectivity index (χ1v) is 10.3. The number of nitro benzene ring substituents is 1. The van der Waals surface area contributed by atoms with Gasteiger partial charge in [0.1, 0.15) is 24.6 Å². The highest BCUT2D eigenvalue weighted by atomic mass is 16.6. The number of aliphatic carboxylic acids is 1. The molecule has 0 fully saturated rings. The van der Waals surface area contributed by atoms with E-state index in [-0.39, 0.29) is 40.6 Å². The number of aldehydes is 1. The van der Waals surface area contributed by atoms with Crippen molar-refractivity contribution in [3.05, 3.63) is 70.3 Å². The summed E-state index contributed by atoms with van der Waals surface area (Å²) in [6.45, 7) is -0.351. The molecule has 15 heteroatoms. The standard InChI is InChI=1S/C22H16N6O9/c29-8-16-19(21(32)33)25-15-5-17(18(28(35)36)6-14(15)24-16)27-7-11(23-10-27)9-37-22(34)26-13-4-2-1-3-12(13)20(30)31/h1-8,10,16,24H,9H2,(H,26,34)(H,30,31)(H,32,33). The minimum absolute atomic E-state index is 0.0119. The second-order valence-corrected chi connectivity index (χ2v) is 7.50. The Labute approximate surface area is 206 Å². The Morgan fingerprint density at radius 2 is 1.97 bits per heavy atom. The Kier molecular flexibility index (Phi) is 6.59. The average molecular weight is 508 g/mol. The molecule has 2 heterocycles. The number of carbonyl (C=O) groups is 4. The van der Waals surface area contributed by atoms with Gasteiger partial charge in [0.25, 0.3) is 5.69 Å². The number of anilines is 2. The molecule has 2 aromatic carbocycles. The van der Waals surface area contributed by atoms with Gasteiger partial charge in [-0.25, -0.2) is 24.4 Å². The number of hydrogen-bond acceptors (Lipinski definition) is 10. The molecule has 4 N–H and O–H groups in total. The number of aromatic nitrogens is 2. The summed E-state index contributed by atoms with van der Waals surface area (Å²) in [6, 6.07) is 6.83. The first kappa shape index (κ1) is 24.5. The number of aromatic carboxylic acids is 1. The maximum atomic E-state index is 12.1. The van der Waals surface area contributed by atoms with Crippen molar-refractivity contribution in [2.45, 2.75) is 12.6 Å². The van der Waals surface area contributed by atoms with Crippen molar-refractivity contribution in [3.8, 4) is 5.69 Å². The third-order valence-electron chi connectivity index (χ3n) is 5.15. The molecular formula is C22H16N6O9. The van der Waals surface area contributed by atoms with E-state index in [0.717, 1.165) is 6.07 Å². The monoisotopic (exact) mass is 508 g/mol. The summed E-state index contributed by atoms with van der Waals surface area (Å²) in [5, 5.41) is 35.1. The Balaban J connectivity index is 1.55. The van der Waals surface area contributed by atoms with Crippen LogP contribution in [-0.2, 0) is 20.9 Å². The van der Waals surface area contributed by atoms with Gasteiger partial charge in [-0.3, -0.25) is 20.0 Å². The lowest BCUT2D eigenvalue weighted by Crippen LogP contribution is -2.38. The SMILES string of the molecule is O=CC1Nc2cc([N+](=O)[O-])c(-n3cnc(COC(=O)Nc4ccccc4C(=O)O)c3)cc2N=C1C(=O)O. The summed E-state index contributed by atoms with van der Waals surface area (Å²) in [5.41, 5.74) is -0.633. The zero-order chi connectivity index (χ0) is 26.7. The fraction of sp³-hybridized carbons (Fsp3) is 0.0909. The number of rotatable bonds is 8. The average Bonchev–Trinajstić information content (AvgIpc) is 3.35. The quantitative estimate of drug-likeness (QED) is 0.197. The van der Waals surface area contributed by atoms with Crippen LogP contribution < -0.4 is 10.6 Å². The molecule has 0 radical (unpaired) electrons. The molecule has 0 bridgehead atoms. The van der Waals surface area contributed by atoms with Gasteiger partial charge in [-0.1, -0.05) is 12.1 Å². The Hall–Kier alpha value is -5.60. The maximum Gasteiger partial charge on any atom is 0.412 e. The summed E-state index contributed by atoms with van der Waals surface area (Å²) >= 11 is 0. The fourth-order valence-electron chi connectivity index (χ4n) is 3.48. The van der Waals surface area contributed by atoms with Gasteiger partial charge in [0.2, 0.25) is 0 Å². The lowest BCUT2D eigenvalue weighted by molar-refractivity contribution is -0.384. The summed E-state index contributed by atoms with van der Waals surface area (Å²) in [5.74, 6) is -2.67. The van der Waals surface area contributed by atoms with Gasteiger partial charge in [0.05, 0.1) is 39.6 Å². The van der Waals surface area contributed by atoms with Crippen molar-refractivity contribution >= 4 is 52.8 Å². The second kappa shape index (κ2) is 9.95. The third kappa shape index (κ3) is 5.09. The fourth-order valence-corrected chi connectivity index (χ4v) is 3.48. The Bertz CT molecular complexity index is 1480. The molecule has 1 unspecified atom stereocenters. The Morgan fingerprint density at radius 3 is 2.65 bits per heavy atom. The van der Waals surface area contributed by atoms with Crippen LogP contribution in [0, 0.1) is 10.1 Å². The van der Waals surface area contributed by atoms with Crippen LogP contribution in [0.5, 0.6) is 0 Å². The zero-order valence-electron chi connectivity index (χ0n) is 18.5. The smallest absolute Gasteiger partial charge is 0.412 e. The van der Waals surface area contributed by atoms with Crippen molar-refractivity contribution in [2.75, 3.05) is 10.6 Å². The van der Waals surface area contributed by atoms with Crippen LogP contribution in [0.15, 0.2) is 53.9 Å². The molecule has 0 aliphatic carbocycles. The number of carboxylic acids is 2. The van der Waals surface area contributed by atoms with Gasteiger partial charge >= 0.3 is 18.0 Å². The molecule has 0 spiro atoms. The minimum Gasteiger partial charge on any atom is -0.478 e. The van der Waals surface area contributed by atoms with Gasteiger partial charge in [0, 0.05) is 12.3 Å². The topological polar surface area (TPSA) is 215 Å². The highest BCUT2D eigenvalue weighted by Gasteiger charge is 2.30. The number of para-hydroxylation sites is 1. The van der Waals surface area contributed by atoms with Crippen LogP contribution in [0.1, 0.15) is 16.1 Å². The molecule has 188 valence electrons. The lowest BCUT2D eigenvalue weighted by Gasteiger charge is -2.21. The zero-order valence-corrected chi connectivity index (χ0v) is 18.5. The number of nitro groups is 1. The predicted octanol–water partition coefficient (Wildman–Crippen LogP) is 2.38. The van der Waals surface area contributed by atoms with Crippen molar-refractivity contribution in [3.63, 3.8) is 0 Å². The molecule has 15 nitrogen and oxygen atoms in total. The van der Waals surface area contributed by atoms with E-state index in [0.29, 0.717) is 6.29 Å². The summed E-state index contributed by atoms with van der Waals surface area (Å²) in [4.78, 5) is 65.1. The maximum absolute atomic E-state index is 12.1. The highest BCUT2D eigenvalue weighted by molar-refractivity contribution is 6.42. The molecule has 0 saturated carbocycles. The van der Waals surface area contributed by atoms with E-state index in [4.69, 9.17) is 4.74 Å². The molecule has 3 aromatic rings. The molecule has 1 aliphatic rings. The number of ether oxygens (including phenoxy) is 1. The summed E-state index contributed by atoms with van der Waals surface area (Å²) in [7, 11) is 0. The van der Waals surface area contributed by atoms with E-state index in [9.17, 15) is 39.5 Å². The number of aliphatic imine (C=N–C) groups is 1. The molecule has 1 aliphatic heterocycles. The van der Waals surface area contributed by atoms with Gasteiger partial charge in [-0.2, -0.15) is 0 Å². The largest absolute Gasteiger partial charge is 0.478 e. The molecule has 1 amide bonds. The number of carbonyl (C=O) groups excluding carboxylic acids is 2. The number of nitrogens with zero attached hydrogens (tertiary/aromatic N) is 4. The van der Waals surface area contributed by atoms with Crippen LogP contribution in [0.25, 0.3) is 5.69 Å². The number of imidazole rings is 1. The van der Waals surface area contributed by atoms with Crippen molar-refractivity contribution < 1.29 is 39.1 Å². The third-order valence-corrected chi connectivity index (χ3v) is 5.15. The van der Waals surface area contributed by atoms with E-state index in [2.05, 4.69) is 20.6 Å². The number of carboxylic acid groups (broad SMARTS) is 2. The molecular weight excluding hydrogens is 492 g/mol. The predicted molar refractivity (Wildman–Crippen MR) is 126 cm³/mol. The van der Waals surface area contributed by atoms with Crippen LogP contribution >= 0.6 is 0 Å². The summed E-state index contributed by atoms with van der Waals surface area (Å²) < 4.78 is 6.33. The van der Waals surface area contributed by atoms with E-state index >= 15 is 0 Å². The van der Waals surface area contributed by atoms with Gasteiger partial charge in [-0.05, 0) is 18.2 Å². The summed E-state index contributed by atoms with van der Waals surface area (Å²) in [6.07, 6.45) is 1.94. The van der Waals surface area contributed by atoms with Gasteiger partial charge in [0.15, 0.2) is 5.71 Å². The molecule has 1 aromatic heterocycles. The first-order chi connectivity index (χ1) is 17.7. The number of amides is 1. The van der Waals surface area contributed by atoms with Crippen LogP contribution in [0.3, 0.4) is 0 Å². The molecule has 0 saturated heterocycles.